The first-order valence-corrected chi connectivity index (χ1v) is 10.0. The van der Waals surface area contributed by atoms with Gasteiger partial charge in [-0.3, -0.25) is 4.79 Å². The van der Waals surface area contributed by atoms with Crippen molar-refractivity contribution in [3.8, 4) is 11.4 Å². The minimum Gasteiger partial charge on any atom is -0.337 e. The number of nitrogens with zero attached hydrogens (tertiary/aromatic N) is 2. The zero-order valence-corrected chi connectivity index (χ0v) is 16.4. The average molecular weight is 400 g/mol. The molecule has 3 aromatic rings. The summed E-state index contributed by atoms with van der Waals surface area (Å²) in [5.74, 6) is 0.332. The van der Waals surface area contributed by atoms with Gasteiger partial charge in [-0.25, -0.2) is 8.42 Å². The molecule has 0 aliphatic carbocycles. The molecule has 3 rings (SSSR count). The lowest BCUT2D eigenvalue weighted by Crippen LogP contribution is -2.27. The molecule has 8 nitrogen and oxygen atoms in total. The van der Waals surface area contributed by atoms with Gasteiger partial charge in [0.05, 0.1) is 10.9 Å². The van der Waals surface area contributed by atoms with E-state index in [2.05, 4.69) is 20.2 Å². The second-order valence-electron chi connectivity index (χ2n) is 6.32. The van der Waals surface area contributed by atoms with Crippen molar-refractivity contribution in [1.29, 1.82) is 0 Å². The van der Waals surface area contributed by atoms with Gasteiger partial charge < -0.3 is 9.84 Å². The van der Waals surface area contributed by atoms with Crippen LogP contribution >= 0.6 is 0 Å². The molecule has 0 unspecified atom stereocenters. The highest BCUT2D eigenvalue weighted by Crippen LogP contribution is 2.23. The fraction of sp³-hybridized carbons (Fsp3) is 0.211. The second kappa shape index (κ2) is 7.91. The van der Waals surface area contributed by atoms with Crippen LogP contribution in [0.4, 0.5) is 5.69 Å². The number of sulfonamides is 1. The van der Waals surface area contributed by atoms with Crippen LogP contribution in [-0.4, -0.2) is 24.5 Å². The molecule has 0 radical (unpaired) electrons. The molecule has 0 saturated heterocycles. The van der Waals surface area contributed by atoms with Gasteiger partial charge in [0.2, 0.25) is 27.6 Å². The zero-order chi connectivity index (χ0) is 20.3. The van der Waals surface area contributed by atoms with Crippen molar-refractivity contribution in [3.05, 3.63) is 60.0 Å². The molecule has 2 aromatic carbocycles. The van der Waals surface area contributed by atoms with Crippen molar-refractivity contribution in [2.45, 2.75) is 31.7 Å². The van der Waals surface area contributed by atoms with E-state index in [-0.39, 0.29) is 16.7 Å². The van der Waals surface area contributed by atoms with E-state index in [1.165, 1.54) is 31.2 Å². The normalized spacial score (nSPS) is 12.5. The molecule has 0 aliphatic rings. The van der Waals surface area contributed by atoms with Crippen molar-refractivity contribution in [1.82, 2.24) is 14.9 Å². The smallest absolute Gasteiger partial charge is 0.244 e. The maximum atomic E-state index is 12.6. The van der Waals surface area contributed by atoms with Crippen LogP contribution in [0.2, 0.25) is 0 Å². The third-order valence-electron chi connectivity index (χ3n) is 4.02. The Morgan fingerprint density at radius 2 is 1.79 bits per heavy atom. The number of hydrogen-bond donors (Lipinski definition) is 2. The first kappa shape index (κ1) is 19.7. The first-order chi connectivity index (χ1) is 13.3. The summed E-state index contributed by atoms with van der Waals surface area (Å²) >= 11 is 0. The lowest BCUT2D eigenvalue weighted by molar-refractivity contribution is -0.114. The lowest BCUT2D eigenvalue weighted by atomic mass is 10.1. The predicted molar refractivity (Wildman–Crippen MR) is 104 cm³/mol. The Labute approximate surface area is 163 Å². The van der Waals surface area contributed by atoms with E-state index in [0.29, 0.717) is 11.5 Å². The standard InChI is InChI=1S/C19H20N4O4S/c1-12-6-4-5-7-17(12)18-21-19(27-22-18)13(2)23-28(25,26)16-10-8-15(9-11-16)20-14(3)24/h4-11,13,23H,1-3H3,(H,20,24)/t13-/m1/s1. The molecule has 146 valence electrons. The number of carbonyl (C=O) groups excluding carboxylic acids is 1. The molecule has 0 saturated carbocycles. The molecule has 28 heavy (non-hydrogen) atoms. The van der Waals surface area contributed by atoms with Gasteiger partial charge in [-0.05, 0) is 43.7 Å². The molecule has 1 atom stereocenters. The lowest BCUT2D eigenvalue weighted by Gasteiger charge is -2.11. The number of benzene rings is 2. The van der Waals surface area contributed by atoms with Crippen LogP contribution in [0.25, 0.3) is 11.4 Å². The van der Waals surface area contributed by atoms with Crippen LogP contribution < -0.4 is 10.0 Å². The van der Waals surface area contributed by atoms with Gasteiger partial charge in [-0.1, -0.05) is 29.4 Å². The number of aryl methyl sites for hydroxylation is 1. The summed E-state index contributed by atoms with van der Waals surface area (Å²) in [7, 11) is -3.81. The number of rotatable bonds is 6. The Morgan fingerprint density at radius 1 is 1.11 bits per heavy atom. The second-order valence-corrected chi connectivity index (χ2v) is 8.03. The van der Waals surface area contributed by atoms with E-state index in [1.807, 2.05) is 31.2 Å². The average Bonchev–Trinajstić information content (AvgIpc) is 3.12. The van der Waals surface area contributed by atoms with Crippen molar-refractivity contribution in [2.75, 3.05) is 5.32 Å². The predicted octanol–water partition coefficient (Wildman–Crippen LogP) is 3.04. The fourth-order valence-electron chi connectivity index (χ4n) is 2.62. The summed E-state index contributed by atoms with van der Waals surface area (Å²) in [6.07, 6.45) is 0. The van der Waals surface area contributed by atoms with Crippen molar-refractivity contribution >= 4 is 21.6 Å². The van der Waals surface area contributed by atoms with Crippen LogP contribution in [-0.2, 0) is 14.8 Å². The fourth-order valence-corrected chi connectivity index (χ4v) is 3.81. The van der Waals surface area contributed by atoms with Crippen LogP contribution in [0, 0.1) is 6.92 Å². The van der Waals surface area contributed by atoms with Gasteiger partial charge in [0, 0.05) is 18.2 Å². The number of amides is 1. The van der Waals surface area contributed by atoms with E-state index in [0.717, 1.165) is 11.1 Å². The van der Waals surface area contributed by atoms with Crippen molar-refractivity contribution in [2.24, 2.45) is 0 Å². The summed E-state index contributed by atoms with van der Waals surface area (Å²) in [6.45, 7) is 4.93. The van der Waals surface area contributed by atoms with Gasteiger partial charge in [-0.15, -0.1) is 0 Å². The van der Waals surface area contributed by atoms with E-state index in [9.17, 15) is 13.2 Å². The maximum Gasteiger partial charge on any atom is 0.244 e. The SMILES string of the molecule is CC(=O)Nc1ccc(S(=O)(=O)N[C@H](C)c2nc(-c3ccccc3C)no2)cc1. The number of hydrogen-bond acceptors (Lipinski definition) is 6. The highest BCUT2D eigenvalue weighted by molar-refractivity contribution is 7.89. The molecule has 9 heteroatoms. The summed E-state index contributed by atoms with van der Waals surface area (Å²) in [4.78, 5) is 15.4. The first-order valence-electron chi connectivity index (χ1n) is 8.56. The molecule has 2 N–H and O–H groups in total. The molecular formula is C19H20N4O4S. The third kappa shape index (κ3) is 4.44. The summed E-state index contributed by atoms with van der Waals surface area (Å²) < 4.78 is 32.9. The van der Waals surface area contributed by atoms with Gasteiger partial charge in [0.1, 0.15) is 0 Å². The molecule has 0 fully saturated rings. The van der Waals surface area contributed by atoms with Crippen molar-refractivity contribution < 1.29 is 17.7 Å². The Hall–Kier alpha value is -3.04. The van der Waals surface area contributed by atoms with E-state index in [4.69, 9.17) is 4.52 Å². The Kier molecular flexibility index (Phi) is 5.57. The molecule has 0 bridgehead atoms. The minimum atomic E-state index is -3.81. The molecule has 1 aromatic heterocycles. The van der Waals surface area contributed by atoms with Crippen LogP contribution in [0.5, 0.6) is 0 Å². The monoisotopic (exact) mass is 400 g/mol. The largest absolute Gasteiger partial charge is 0.337 e. The van der Waals surface area contributed by atoms with Gasteiger partial charge in [-0.2, -0.15) is 9.71 Å². The van der Waals surface area contributed by atoms with Crippen LogP contribution in [0.1, 0.15) is 31.3 Å². The Bertz CT molecular complexity index is 1090. The van der Waals surface area contributed by atoms with Gasteiger partial charge in [0.25, 0.3) is 0 Å². The third-order valence-corrected chi connectivity index (χ3v) is 5.57. The van der Waals surface area contributed by atoms with E-state index < -0.39 is 16.1 Å². The van der Waals surface area contributed by atoms with Crippen LogP contribution in [0.15, 0.2) is 57.9 Å². The topological polar surface area (TPSA) is 114 Å². The Balaban J connectivity index is 1.76. The summed E-state index contributed by atoms with van der Waals surface area (Å²) in [6, 6.07) is 12.7. The minimum absolute atomic E-state index is 0.0621. The molecular weight excluding hydrogens is 380 g/mol. The molecule has 1 amide bonds. The maximum absolute atomic E-state index is 12.6. The molecule has 0 spiro atoms. The van der Waals surface area contributed by atoms with Gasteiger partial charge >= 0.3 is 0 Å². The number of anilines is 1. The summed E-state index contributed by atoms with van der Waals surface area (Å²) in [5.41, 5.74) is 2.32. The highest BCUT2D eigenvalue weighted by Gasteiger charge is 2.23. The molecule has 0 aliphatic heterocycles. The van der Waals surface area contributed by atoms with Crippen LogP contribution in [0.3, 0.4) is 0 Å². The zero-order valence-electron chi connectivity index (χ0n) is 15.6. The number of nitrogens with one attached hydrogen (secondary N) is 2. The number of aromatic nitrogens is 2. The van der Waals surface area contributed by atoms with Crippen molar-refractivity contribution in [3.63, 3.8) is 0 Å². The quantitative estimate of drug-likeness (QED) is 0.657. The number of carbonyl (C=O) groups is 1. The van der Waals surface area contributed by atoms with E-state index in [1.54, 1.807) is 6.92 Å². The Morgan fingerprint density at radius 3 is 2.43 bits per heavy atom. The molecule has 1 heterocycles. The van der Waals surface area contributed by atoms with Gasteiger partial charge in [0.15, 0.2) is 0 Å². The van der Waals surface area contributed by atoms with E-state index >= 15 is 0 Å². The summed E-state index contributed by atoms with van der Waals surface area (Å²) in [5, 5.41) is 6.53. The highest BCUT2D eigenvalue weighted by atomic mass is 32.2.